The van der Waals surface area contributed by atoms with Gasteiger partial charge in [-0.05, 0) is 54.2 Å². The molecule has 196 valence electrons. The molecular formula is C30H36N2O5. The predicted molar refractivity (Wildman–Crippen MR) is 142 cm³/mol. The van der Waals surface area contributed by atoms with Crippen molar-refractivity contribution in [1.82, 2.24) is 9.80 Å². The highest BCUT2D eigenvalue weighted by atomic mass is 16.5. The van der Waals surface area contributed by atoms with Gasteiger partial charge in [0.05, 0.1) is 24.8 Å². The molecule has 37 heavy (non-hydrogen) atoms. The van der Waals surface area contributed by atoms with Crippen molar-refractivity contribution < 1.29 is 24.2 Å². The summed E-state index contributed by atoms with van der Waals surface area (Å²) in [6.45, 7) is 10.7. The summed E-state index contributed by atoms with van der Waals surface area (Å²) in [4.78, 5) is 30.6. The number of ketones is 1. The number of hydrogen-bond acceptors (Lipinski definition) is 6. The first-order chi connectivity index (χ1) is 17.8. The third kappa shape index (κ3) is 5.15. The Kier molecular flexibility index (Phi) is 7.36. The number of aliphatic hydroxyl groups is 1. The Balaban J connectivity index is 1.49. The molecule has 5 rings (SSSR count). The van der Waals surface area contributed by atoms with Crippen molar-refractivity contribution in [3.05, 3.63) is 70.3 Å². The van der Waals surface area contributed by atoms with Gasteiger partial charge in [0.2, 0.25) is 0 Å². The first-order valence-electron chi connectivity index (χ1n) is 13.3. The number of hydrogen-bond donors (Lipinski definition) is 1. The Morgan fingerprint density at radius 2 is 1.78 bits per heavy atom. The molecule has 7 nitrogen and oxygen atoms in total. The minimum absolute atomic E-state index is 0.0731. The van der Waals surface area contributed by atoms with Gasteiger partial charge in [0.1, 0.15) is 17.6 Å². The van der Waals surface area contributed by atoms with E-state index in [4.69, 9.17) is 9.47 Å². The molecule has 3 aliphatic rings. The molecule has 2 fully saturated rings. The maximum atomic E-state index is 13.4. The lowest BCUT2D eigenvalue weighted by Crippen LogP contribution is -2.38. The molecule has 0 unspecified atom stereocenters. The van der Waals surface area contributed by atoms with Crippen LogP contribution in [0.2, 0.25) is 0 Å². The molecule has 0 spiro atoms. The Morgan fingerprint density at radius 1 is 1.05 bits per heavy atom. The summed E-state index contributed by atoms with van der Waals surface area (Å²) >= 11 is 0. The number of benzene rings is 2. The zero-order valence-electron chi connectivity index (χ0n) is 21.9. The van der Waals surface area contributed by atoms with E-state index >= 15 is 0 Å². The fraction of sp³-hybridized carbons (Fsp3) is 0.467. The zero-order valence-corrected chi connectivity index (χ0v) is 21.9. The first-order valence-corrected chi connectivity index (χ1v) is 13.3. The van der Waals surface area contributed by atoms with Gasteiger partial charge in [-0.2, -0.15) is 0 Å². The third-order valence-corrected chi connectivity index (χ3v) is 7.61. The fourth-order valence-electron chi connectivity index (χ4n) is 5.53. The normalized spacial score (nSPS) is 23.5. The molecule has 1 amide bonds. The van der Waals surface area contributed by atoms with Crippen LogP contribution < -0.4 is 4.74 Å². The number of likely N-dealkylation sites (tertiary alicyclic amines) is 1. The van der Waals surface area contributed by atoms with Gasteiger partial charge in [-0.25, -0.2) is 0 Å². The lowest BCUT2D eigenvalue weighted by Gasteiger charge is -2.29. The van der Waals surface area contributed by atoms with Crippen LogP contribution in [0.4, 0.5) is 0 Å². The quantitative estimate of drug-likeness (QED) is 0.345. The van der Waals surface area contributed by atoms with Gasteiger partial charge < -0.3 is 19.5 Å². The molecule has 3 aliphatic heterocycles. The highest BCUT2D eigenvalue weighted by Gasteiger charge is 2.46. The fourth-order valence-corrected chi connectivity index (χ4v) is 5.53. The number of morpholine rings is 1. The molecular weight excluding hydrogens is 468 g/mol. The van der Waals surface area contributed by atoms with Crippen LogP contribution in [-0.4, -0.2) is 72.1 Å². The molecule has 0 bridgehead atoms. The number of fused-ring (bicyclic) bond motifs is 1. The Bertz CT molecular complexity index is 1200. The Labute approximate surface area is 218 Å². The number of carbonyl (C=O) groups is 2. The number of Topliss-reactive ketones (excluding diaryl/α,β-unsaturated/α-hetero) is 1. The smallest absolute Gasteiger partial charge is 0.295 e. The van der Waals surface area contributed by atoms with Crippen LogP contribution in [0.3, 0.4) is 0 Å². The SMILES string of the molecule is CC(C)c1ccc([C@H]2/C(=C(\O)c3ccc4c(c3)C[C@@H](C)O4)C(=O)C(=O)N2CCCN2CCOCC2)cc1. The monoisotopic (exact) mass is 504 g/mol. The number of ether oxygens (including phenoxy) is 2. The van der Waals surface area contributed by atoms with Crippen molar-refractivity contribution in [1.29, 1.82) is 0 Å². The number of amides is 1. The van der Waals surface area contributed by atoms with Gasteiger partial charge in [-0.1, -0.05) is 38.1 Å². The van der Waals surface area contributed by atoms with Crippen LogP contribution in [0.15, 0.2) is 48.0 Å². The molecule has 3 heterocycles. The largest absolute Gasteiger partial charge is 0.507 e. The lowest BCUT2D eigenvalue weighted by molar-refractivity contribution is -0.140. The minimum Gasteiger partial charge on any atom is -0.507 e. The topological polar surface area (TPSA) is 79.3 Å². The third-order valence-electron chi connectivity index (χ3n) is 7.61. The van der Waals surface area contributed by atoms with E-state index in [2.05, 4.69) is 18.7 Å². The van der Waals surface area contributed by atoms with Crippen molar-refractivity contribution >= 4 is 17.4 Å². The van der Waals surface area contributed by atoms with E-state index < -0.39 is 17.7 Å². The zero-order chi connectivity index (χ0) is 26.1. The molecule has 0 aromatic heterocycles. The number of nitrogens with zero attached hydrogens (tertiary/aromatic N) is 2. The molecule has 2 atom stereocenters. The van der Waals surface area contributed by atoms with Crippen LogP contribution in [0.5, 0.6) is 5.75 Å². The van der Waals surface area contributed by atoms with Gasteiger partial charge >= 0.3 is 0 Å². The highest BCUT2D eigenvalue weighted by Crippen LogP contribution is 2.41. The van der Waals surface area contributed by atoms with Crippen molar-refractivity contribution in [2.75, 3.05) is 39.4 Å². The Morgan fingerprint density at radius 3 is 2.49 bits per heavy atom. The van der Waals surface area contributed by atoms with Crippen LogP contribution >= 0.6 is 0 Å². The van der Waals surface area contributed by atoms with E-state index in [1.807, 2.05) is 43.3 Å². The average molecular weight is 505 g/mol. The predicted octanol–water partition coefficient (Wildman–Crippen LogP) is 4.28. The van der Waals surface area contributed by atoms with Gasteiger partial charge in [-0.15, -0.1) is 0 Å². The summed E-state index contributed by atoms with van der Waals surface area (Å²) in [6.07, 6.45) is 1.55. The lowest BCUT2D eigenvalue weighted by atomic mass is 9.92. The van der Waals surface area contributed by atoms with Crippen molar-refractivity contribution in [3.63, 3.8) is 0 Å². The van der Waals surface area contributed by atoms with Gasteiger partial charge in [0.25, 0.3) is 11.7 Å². The van der Waals surface area contributed by atoms with E-state index in [1.165, 1.54) is 5.56 Å². The molecule has 7 heteroatoms. The molecule has 0 saturated carbocycles. The molecule has 0 radical (unpaired) electrons. The van der Waals surface area contributed by atoms with Gasteiger partial charge in [0, 0.05) is 38.2 Å². The van der Waals surface area contributed by atoms with E-state index in [9.17, 15) is 14.7 Å². The average Bonchev–Trinajstić information content (AvgIpc) is 3.40. The first kappa shape index (κ1) is 25.5. The summed E-state index contributed by atoms with van der Waals surface area (Å²) in [5, 5.41) is 11.4. The highest BCUT2D eigenvalue weighted by molar-refractivity contribution is 6.46. The van der Waals surface area contributed by atoms with Crippen molar-refractivity contribution in [2.24, 2.45) is 0 Å². The summed E-state index contributed by atoms with van der Waals surface area (Å²) in [5.74, 6) is -0.154. The van der Waals surface area contributed by atoms with Crippen LogP contribution in [0.1, 0.15) is 61.4 Å². The summed E-state index contributed by atoms with van der Waals surface area (Å²) in [5.41, 5.74) is 3.69. The van der Waals surface area contributed by atoms with E-state index in [0.29, 0.717) is 18.0 Å². The van der Waals surface area contributed by atoms with Crippen molar-refractivity contribution in [3.8, 4) is 5.75 Å². The second-order valence-corrected chi connectivity index (χ2v) is 10.6. The van der Waals surface area contributed by atoms with Crippen LogP contribution in [0, 0.1) is 0 Å². The number of rotatable bonds is 7. The Hall–Kier alpha value is -3.16. The number of carbonyl (C=O) groups excluding carboxylic acids is 2. The van der Waals surface area contributed by atoms with E-state index in [1.54, 1.807) is 11.0 Å². The molecule has 0 aliphatic carbocycles. The van der Waals surface area contributed by atoms with Crippen LogP contribution in [-0.2, 0) is 20.7 Å². The van der Waals surface area contributed by atoms with Crippen LogP contribution in [0.25, 0.3) is 5.76 Å². The second kappa shape index (κ2) is 10.7. The van der Waals surface area contributed by atoms with E-state index in [-0.39, 0.29) is 17.4 Å². The molecule has 2 aromatic carbocycles. The second-order valence-electron chi connectivity index (χ2n) is 10.6. The molecule has 2 aromatic rings. The minimum atomic E-state index is -0.632. The summed E-state index contributed by atoms with van der Waals surface area (Å²) in [6, 6.07) is 12.9. The van der Waals surface area contributed by atoms with E-state index in [0.717, 1.165) is 62.6 Å². The van der Waals surface area contributed by atoms with Gasteiger partial charge in [-0.3, -0.25) is 14.5 Å². The maximum absolute atomic E-state index is 13.4. The number of aliphatic hydroxyl groups excluding tert-OH is 1. The molecule has 2 saturated heterocycles. The van der Waals surface area contributed by atoms with Crippen molar-refractivity contribution in [2.45, 2.75) is 51.7 Å². The molecule has 1 N–H and O–H groups in total. The standard InChI is InChI=1S/C30H36N2O5/c1-19(2)21-5-7-22(8-6-21)27-26(28(33)23-9-10-25-24(18-23)17-20(3)37-25)29(34)30(35)32(27)12-4-11-31-13-15-36-16-14-31/h5-10,18-20,27,33H,4,11-17H2,1-3H3/b28-26+/t20-,27+/m1/s1. The summed E-state index contributed by atoms with van der Waals surface area (Å²) in [7, 11) is 0. The van der Waals surface area contributed by atoms with Gasteiger partial charge in [0.15, 0.2) is 0 Å². The summed E-state index contributed by atoms with van der Waals surface area (Å²) < 4.78 is 11.2. The maximum Gasteiger partial charge on any atom is 0.295 e.